The Balaban J connectivity index is 2.40. The second-order valence-electron chi connectivity index (χ2n) is 5.74. The van der Waals surface area contributed by atoms with Crippen LogP contribution in [0.3, 0.4) is 0 Å². The molecule has 0 bridgehead atoms. The molecule has 1 N–H and O–H groups in total. The Bertz CT molecular complexity index is 431. The topological polar surface area (TPSA) is 38.3 Å². The highest BCUT2D eigenvalue weighted by atomic mass is 16.5. The molecule has 0 unspecified atom stereocenters. The van der Waals surface area contributed by atoms with Gasteiger partial charge in [0.1, 0.15) is 5.75 Å². The smallest absolute Gasteiger partial charge is 0.260 e. The molecule has 118 valence electrons. The van der Waals surface area contributed by atoms with E-state index >= 15 is 0 Å². The first-order valence-corrected chi connectivity index (χ1v) is 8.07. The number of rotatable bonds is 9. The van der Waals surface area contributed by atoms with Crippen LogP contribution in [0.1, 0.15) is 52.0 Å². The summed E-state index contributed by atoms with van der Waals surface area (Å²) in [5.41, 5.74) is 1.13. The number of carbonyl (C=O) groups is 1. The van der Waals surface area contributed by atoms with Gasteiger partial charge < -0.3 is 10.1 Å². The second-order valence-corrected chi connectivity index (χ2v) is 5.74. The van der Waals surface area contributed by atoms with Gasteiger partial charge in [-0.25, -0.2) is 0 Å². The lowest BCUT2D eigenvalue weighted by atomic mass is 9.99. The Hall–Kier alpha value is -1.51. The van der Waals surface area contributed by atoms with Gasteiger partial charge in [0.2, 0.25) is 0 Å². The molecule has 0 aliphatic heterocycles. The number of benzene rings is 1. The van der Waals surface area contributed by atoms with E-state index in [-0.39, 0.29) is 5.91 Å². The van der Waals surface area contributed by atoms with E-state index in [9.17, 15) is 4.79 Å². The van der Waals surface area contributed by atoms with Crippen LogP contribution >= 0.6 is 0 Å². The summed E-state index contributed by atoms with van der Waals surface area (Å²) in [6, 6.07) is 7.77. The zero-order chi connectivity index (χ0) is 15.7. The highest BCUT2D eigenvalue weighted by Crippen LogP contribution is 2.15. The fourth-order valence-corrected chi connectivity index (χ4v) is 2.28. The quantitative estimate of drug-likeness (QED) is 0.744. The minimum absolute atomic E-state index is 0.0357. The number of unbranched alkanes of at least 4 members (excludes halogenated alkanes) is 1. The highest BCUT2D eigenvalue weighted by Gasteiger charge is 2.16. The van der Waals surface area contributed by atoms with E-state index in [1.54, 1.807) is 6.92 Å². The molecule has 21 heavy (non-hydrogen) atoms. The van der Waals surface area contributed by atoms with Crippen molar-refractivity contribution in [1.82, 2.24) is 5.32 Å². The Morgan fingerprint density at radius 2 is 2.10 bits per heavy atom. The predicted molar refractivity (Wildman–Crippen MR) is 87.6 cm³/mol. The standard InChI is InChI=1S/C18H29NO2/c1-5-7-10-16(6-2)13-19-18(20)15(4)21-17-11-8-9-14(3)12-17/h8-9,11-12,15-16H,5-7,10,13H2,1-4H3,(H,19,20)/t15-,16+/m0/s1. The third-order valence-electron chi connectivity index (χ3n) is 3.78. The number of nitrogens with one attached hydrogen (secondary N) is 1. The van der Waals surface area contributed by atoms with Crippen LogP contribution in [0, 0.1) is 12.8 Å². The van der Waals surface area contributed by atoms with E-state index < -0.39 is 6.10 Å². The maximum absolute atomic E-state index is 12.1. The van der Waals surface area contributed by atoms with Crippen LogP contribution in [0.4, 0.5) is 0 Å². The molecule has 1 amide bonds. The minimum atomic E-state index is -0.463. The fourth-order valence-electron chi connectivity index (χ4n) is 2.28. The van der Waals surface area contributed by atoms with E-state index in [4.69, 9.17) is 4.74 Å². The fraction of sp³-hybridized carbons (Fsp3) is 0.611. The summed E-state index contributed by atoms with van der Waals surface area (Å²) in [5, 5.41) is 3.01. The molecule has 0 saturated carbocycles. The molecule has 0 saturated heterocycles. The van der Waals surface area contributed by atoms with Crippen molar-refractivity contribution >= 4 is 5.91 Å². The van der Waals surface area contributed by atoms with E-state index in [1.807, 2.05) is 31.2 Å². The first kappa shape index (κ1) is 17.5. The van der Waals surface area contributed by atoms with Crippen molar-refractivity contribution in [1.29, 1.82) is 0 Å². The number of ether oxygens (including phenoxy) is 1. The van der Waals surface area contributed by atoms with Crippen LogP contribution in [0.5, 0.6) is 5.75 Å². The molecule has 2 atom stereocenters. The summed E-state index contributed by atoms with van der Waals surface area (Å²) >= 11 is 0. The molecule has 0 aromatic heterocycles. The molecule has 0 radical (unpaired) electrons. The minimum Gasteiger partial charge on any atom is -0.481 e. The van der Waals surface area contributed by atoms with Gasteiger partial charge in [0.25, 0.3) is 5.91 Å². The summed E-state index contributed by atoms with van der Waals surface area (Å²) in [7, 11) is 0. The molecule has 0 aliphatic rings. The third kappa shape index (κ3) is 6.65. The SMILES string of the molecule is CCCC[C@@H](CC)CNC(=O)[C@H](C)Oc1cccc(C)c1. The van der Waals surface area contributed by atoms with Crippen LogP contribution in [0.15, 0.2) is 24.3 Å². The van der Waals surface area contributed by atoms with Crippen molar-refractivity contribution in [3.8, 4) is 5.75 Å². The summed E-state index contributed by atoms with van der Waals surface area (Å²) in [6.07, 6.45) is 4.25. The van der Waals surface area contributed by atoms with Crippen LogP contribution in [-0.2, 0) is 4.79 Å². The normalized spacial score (nSPS) is 13.5. The van der Waals surface area contributed by atoms with Crippen LogP contribution in [0.25, 0.3) is 0 Å². The molecule has 0 fully saturated rings. The molecule has 0 heterocycles. The predicted octanol–water partition coefficient (Wildman–Crippen LogP) is 4.09. The zero-order valence-electron chi connectivity index (χ0n) is 13.8. The lowest BCUT2D eigenvalue weighted by Gasteiger charge is -2.18. The van der Waals surface area contributed by atoms with E-state index in [1.165, 1.54) is 19.3 Å². The molecule has 1 aromatic carbocycles. The van der Waals surface area contributed by atoms with Gasteiger partial charge in [-0.15, -0.1) is 0 Å². The Morgan fingerprint density at radius 1 is 1.33 bits per heavy atom. The van der Waals surface area contributed by atoms with Crippen molar-refractivity contribution in [3.63, 3.8) is 0 Å². The molecule has 1 aromatic rings. The Kier molecular flexibility index (Phi) is 7.88. The third-order valence-corrected chi connectivity index (χ3v) is 3.78. The number of hydrogen-bond donors (Lipinski definition) is 1. The number of amides is 1. The van der Waals surface area contributed by atoms with Gasteiger partial charge in [-0.3, -0.25) is 4.79 Å². The summed E-state index contributed by atoms with van der Waals surface area (Å²) in [6.45, 7) is 8.93. The van der Waals surface area contributed by atoms with Gasteiger partial charge in [-0.2, -0.15) is 0 Å². The van der Waals surface area contributed by atoms with E-state index in [2.05, 4.69) is 19.2 Å². The lowest BCUT2D eigenvalue weighted by Crippen LogP contribution is -2.38. The van der Waals surface area contributed by atoms with Crippen LogP contribution < -0.4 is 10.1 Å². The maximum atomic E-state index is 12.1. The number of aryl methyl sites for hydroxylation is 1. The van der Waals surface area contributed by atoms with E-state index in [0.717, 1.165) is 24.3 Å². The van der Waals surface area contributed by atoms with Crippen molar-refractivity contribution < 1.29 is 9.53 Å². The van der Waals surface area contributed by atoms with Gasteiger partial charge in [0, 0.05) is 6.54 Å². The first-order chi connectivity index (χ1) is 10.1. The summed E-state index contributed by atoms with van der Waals surface area (Å²) < 4.78 is 5.69. The van der Waals surface area contributed by atoms with Gasteiger partial charge in [0.05, 0.1) is 0 Å². The number of carbonyl (C=O) groups excluding carboxylic acids is 1. The van der Waals surface area contributed by atoms with Gasteiger partial charge in [-0.1, -0.05) is 45.2 Å². The molecule has 3 nitrogen and oxygen atoms in total. The highest BCUT2D eigenvalue weighted by molar-refractivity contribution is 5.80. The maximum Gasteiger partial charge on any atom is 0.260 e. The average Bonchev–Trinajstić information content (AvgIpc) is 2.47. The summed E-state index contributed by atoms with van der Waals surface area (Å²) in [4.78, 5) is 12.1. The molecule has 0 spiro atoms. The Labute approximate surface area is 129 Å². The van der Waals surface area contributed by atoms with E-state index in [0.29, 0.717) is 5.92 Å². The Morgan fingerprint density at radius 3 is 2.71 bits per heavy atom. The molecule has 1 rings (SSSR count). The van der Waals surface area contributed by atoms with Gasteiger partial charge in [0.15, 0.2) is 6.10 Å². The zero-order valence-corrected chi connectivity index (χ0v) is 13.8. The molecular formula is C18H29NO2. The van der Waals surface area contributed by atoms with Crippen LogP contribution in [-0.4, -0.2) is 18.6 Å². The second kappa shape index (κ2) is 9.43. The number of hydrogen-bond acceptors (Lipinski definition) is 2. The average molecular weight is 291 g/mol. The van der Waals surface area contributed by atoms with Crippen molar-refractivity contribution in [2.75, 3.05) is 6.54 Å². The van der Waals surface area contributed by atoms with Crippen molar-refractivity contribution in [2.24, 2.45) is 5.92 Å². The van der Waals surface area contributed by atoms with Crippen molar-refractivity contribution in [3.05, 3.63) is 29.8 Å². The molecule has 0 aliphatic carbocycles. The van der Waals surface area contributed by atoms with Gasteiger partial charge in [-0.05, 0) is 43.9 Å². The summed E-state index contributed by atoms with van der Waals surface area (Å²) in [5.74, 6) is 1.28. The monoisotopic (exact) mass is 291 g/mol. The molecule has 3 heteroatoms. The van der Waals surface area contributed by atoms with Crippen molar-refractivity contribution in [2.45, 2.75) is 59.5 Å². The lowest BCUT2D eigenvalue weighted by molar-refractivity contribution is -0.127. The van der Waals surface area contributed by atoms with Gasteiger partial charge >= 0.3 is 0 Å². The molecular weight excluding hydrogens is 262 g/mol. The largest absolute Gasteiger partial charge is 0.481 e. The van der Waals surface area contributed by atoms with Crippen LogP contribution in [0.2, 0.25) is 0 Å². The first-order valence-electron chi connectivity index (χ1n) is 8.07.